The Hall–Kier alpha value is -3.15. The molecule has 22 heavy (non-hydrogen) atoms. The van der Waals surface area contributed by atoms with E-state index in [1.807, 2.05) is 43.5 Å². The van der Waals surface area contributed by atoms with E-state index in [1.54, 1.807) is 0 Å². The molecule has 6 nitrogen and oxygen atoms in total. The van der Waals surface area contributed by atoms with E-state index in [-0.39, 0.29) is 0 Å². The molecular formula is C16H14N2O4. The number of hydrogen-bond acceptors (Lipinski definition) is 3. The molecule has 2 heterocycles. The standard InChI is InChI=1S/C14H12N2.C2H2O4/c1-11-15-14(12-7-3-2-4-8-12)13-9-5-6-10-16(11)13;3-1(4)2(5)6/h2-10H,1H3;(H,3,4)(H,5,6). The highest BCUT2D eigenvalue weighted by atomic mass is 16.4. The first kappa shape index (κ1) is 15.2. The molecule has 0 bridgehead atoms. The Kier molecular flexibility index (Phi) is 4.53. The van der Waals surface area contributed by atoms with Crippen molar-refractivity contribution in [1.29, 1.82) is 0 Å². The Balaban J connectivity index is 0.000000254. The summed E-state index contributed by atoms with van der Waals surface area (Å²) in [4.78, 5) is 22.8. The predicted octanol–water partition coefficient (Wildman–Crippen LogP) is 2.47. The first-order valence-corrected chi connectivity index (χ1v) is 6.46. The first-order valence-electron chi connectivity index (χ1n) is 6.46. The second-order valence-electron chi connectivity index (χ2n) is 4.44. The van der Waals surface area contributed by atoms with Crippen molar-refractivity contribution < 1.29 is 19.8 Å². The van der Waals surface area contributed by atoms with Crippen LogP contribution in [-0.4, -0.2) is 31.5 Å². The summed E-state index contributed by atoms with van der Waals surface area (Å²) >= 11 is 0. The number of aliphatic carboxylic acids is 2. The van der Waals surface area contributed by atoms with E-state index in [4.69, 9.17) is 19.8 Å². The number of imidazole rings is 1. The fourth-order valence-corrected chi connectivity index (χ4v) is 2.00. The van der Waals surface area contributed by atoms with E-state index in [2.05, 4.69) is 27.6 Å². The molecule has 6 heteroatoms. The smallest absolute Gasteiger partial charge is 0.414 e. The molecule has 2 aromatic heterocycles. The van der Waals surface area contributed by atoms with Gasteiger partial charge in [0.1, 0.15) is 5.82 Å². The summed E-state index contributed by atoms with van der Waals surface area (Å²) in [5, 5.41) is 14.8. The van der Waals surface area contributed by atoms with E-state index in [1.165, 1.54) is 5.56 Å². The van der Waals surface area contributed by atoms with Crippen molar-refractivity contribution in [2.24, 2.45) is 0 Å². The molecule has 3 aromatic rings. The molecule has 112 valence electrons. The molecule has 0 radical (unpaired) electrons. The topological polar surface area (TPSA) is 91.9 Å². The maximum absolute atomic E-state index is 9.10. The summed E-state index contributed by atoms with van der Waals surface area (Å²) < 4.78 is 2.11. The van der Waals surface area contributed by atoms with Gasteiger partial charge in [-0.05, 0) is 19.1 Å². The van der Waals surface area contributed by atoms with Gasteiger partial charge in [-0.3, -0.25) is 0 Å². The number of pyridine rings is 1. The maximum atomic E-state index is 9.10. The quantitative estimate of drug-likeness (QED) is 0.673. The number of carbonyl (C=O) groups is 2. The number of carboxylic acid groups (broad SMARTS) is 2. The lowest BCUT2D eigenvalue weighted by molar-refractivity contribution is -0.159. The number of hydrogen-bond donors (Lipinski definition) is 2. The third kappa shape index (κ3) is 3.29. The Labute approximate surface area is 126 Å². The fraction of sp³-hybridized carbons (Fsp3) is 0.0625. The van der Waals surface area contributed by atoms with Crippen LogP contribution in [0.15, 0.2) is 54.7 Å². The van der Waals surface area contributed by atoms with Gasteiger partial charge in [0.15, 0.2) is 0 Å². The van der Waals surface area contributed by atoms with Gasteiger partial charge in [0.25, 0.3) is 0 Å². The minimum atomic E-state index is -1.82. The van der Waals surface area contributed by atoms with Crippen molar-refractivity contribution >= 4 is 17.5 Å². The van der Waals surface area contributed by atoms with E-state index >= 15 is 0 Å². The van der Waals surface area contributed by atoms with Crippen LogP contribution in [0.25, 0.3) is 16.8 Å². The van der Waals surface area contributed by atoms with Gasteiger partial charge in [-0.2, -0.15) is 0 Å². The Morgan fingerprint density at radius 1 is 0.955 bits per heavy atom. The third-order valence-electron chi connectivity index (χ3n) is 2.95. The highest BCUT2D eigenvalue weighted by molar-refractivity contribution is 6.27. The van der Waals surface area contributed by atoms with Crippen LogP contribution >= 0.6 is 0 Å². The van der Waals surface area contributed by atoms with E-state index in [9.17, 15) is 0 Å². The van der Waals surface area contributed by atoms with Gasteiger partial charge in [0, 0.05) is 11.8 Å². The summed E-state index contributed by atoms with van der Waals surface area (Å²) in [6, 6.07) is 16.5. The van der Waals surface area contributed by atoms with Crippen molar-refractivity contribution in [1.82, 2.24) is 9.38 Å². The number of rotatable bonds is 1. The van der Waals surface area contributed by atoms with Crippen LogP contribution in [0.5, 0.6) is 0 Å². The monoisotopic (exact) mass is 298 g/mol. The molecule has 0 amide bonds. The largest absolute Gasteiger partial charge is 0.473 e. The highest BCUT2D eigenvalue weighted by Crippen LogP contribution is 2.23. The summed E-state index contributed by atoms with van der Waals surface area (Å²) in [6.07, 6.45) is 2.05. The van der Waals surface area contributed by atoms with Gasteiger partial charge in [-0.25, -0.2) is 14.6 Å². The summed E-state index contributed by atoms with van der Waals surface area (Å²) in [5.74, 6) is -2.63. The average Bonchev–Trinajstić information content (AvgIpc) is 2.86. The van der Waals surface area contributed by atoms with Crippen LogP contribution in [-0.2, 0) is 9.59 Å². The number of carboxylic acids is 2. The van der Waals surface area contributed by atoms with E-state index in [0.717, 1.165) is 17.0 Å². The zero-order valence-electron chi connectivity index (χ0n) is 11.8. The molecule has 0 saturated heterocycles. The normalized spacial score (nSPS) is 9.86. The number of nitrogens with zero attached hydrogens (tertiary/aromatic N) is 2. The Bertz CT molecular complexity index is 797. The van der Waals surface area contributed by atoms with Gasteiger partial charge in [-0.15, -0.1) is 0 Å². The van der Waals surface area contributed by atoms with Crippen molar-refractivity contribution in [3.05, 3.63) is 60.6 Å². The van der Waals surface area contributed by atoms with Gasteiger partial charge in [0.2, 0.25) is 0 Å². The number of benzene rings is 1. The van der Waals surface area contributed by atoms with Gasteiger partial charge < -0.3 is 14.6 Å². The lowest BCUT2D eigenvalue weighted by Crippen LogP contribution is -2.09. The molecule has 2 N–H and O–H groups in total. The van der Waals surface area contributed by atoms with Gasteiger partial charge >= 0.3 is 11.9 Å². The van der Waals surface area contributed by atoms with Crippen LogP contribution < -0.4 is 0 Å². The fourth-order valence-electron chi connectivity index (χ4n) is 2.00. The molecule has 0 spiro atoms. The zero-order valence-corrected chi connectivity index (χ0v) is 11.8. The lowest BCUT2D eigenvalue weighted by Gasteiger charge is -1.97. The van der Waals surface area contributed by atoms with E-state index in [0.29, 0.717) is 0 Å². The second kappa shape index (κ2) is 6.53. The maximum Gasteiger partial charge on any atom is 0.414 e. The Morgan fingerprint density at radius 2 is 1.55 bits per heavy atom. The number of fused-ring (bicyclic) bond motifs is 1. The van der Waals surface area contributed by atoms with Crippen LogP contribution in [0.3, 0.4) is 0 Å². The highest BCUT2D eigenvalue weighted by Gasteiger charge is 2.08. The van der Waals surface area contributed by atoms with Crippen molar-refractivity contribution in [3.8, 4) is 11.3 Å². The minimum absolute atomic E-state index is 1.02. The van der Waals surface area contributed by atoms with Crippen LogP contribution in [0.2, 0.25) is 0 Å². The third-order valence-corrected chi connectivity index (χ3v) is 2.95. The van der Waals surface area contributed by atoms with Crippen molar-refractivity contribution in [3.63, 3.8) is 0 Å². The molecule has 3 rings (SSSR count). The van der Waals surface area contributed by atoms with Gasteiger partial charge in [0.05, 0.1) is 11.2 Å². The molecular weight excluding hydrogens is 284 g/mol. The average molecular weight is 298 g/mol. The summed E-state index contributed by atoms with van der Waals surface area (Å²) in [7, 11) is 0. The zero-order chi connectivity index (χ0) is 16.1. The lowest BCUT2D eigenvalue weighted by atomic mass is 10.1. The van der Waals surface area contributed by atoms with E-state index < -0.39 is 11.9 Å². The number of aromatic nitrogens is 2. The van der Waals surface area contributed by atoms with Crippen LogP contribution in [0.1, 0.15) is 5.82 Å². The van der Waals surface area contributed by atoms with Crippen molar-refractivity contribution in [2.75, 3.05) is 0 Å². The molecule has 0 atom stereocenters. The Morgan fingerprint density at radius 3 is 2.14 bits per heavy atom. The van der Waals surface area contributed by atoms with Crippen LogP contribution in [0.4, 0.5) is 0 Å². The number of aryl methyl sites for hydroxylation is 1. The molecule has 0 unspecified atom stereocenters. The van der Waals surface area contributed by atoms with Crippen LogP contribution in [0, 0.1) is 6.92 Å². The van der Waals surface area contributed by atoms with Crippen molar-refractivity contribution in [2.45, 2.75) is 6.92 Å². The molecule has 0 aliphatic heterocycles. The first-order chi connectivity index (χ1) is 10.5. The minimum Gasteiger partial charge on any atom is -0.473 e. The molecule has 1 aromatic carbocycles. The molecule has 0 aliphatic carbocycles. The summed E-state index contributed by atoms with van der Waals surface area (Å²) in [6.45, 7) is 2.03. The SMILES string of the molecule is Cc1nc(-c2ccccc2)c2ccccn12.O=C(O)C(=O)O. The molecule has 0 fully saturated rings. The summed E-state index contributed by atoms with van der Waals surface area (Å²) in [5.41, 5.74) is 3.38. The molecule has 0 aliphatic rings. The van der Waals surface area contributed by atoms with Gasteiger partial charge in [-0.1, -0.05) is 36.4 Å². The second-order valence-corrected chi connectivity index (χ2v) is 4.44. The predicted molar refractivity (Wildman–Crippen MR) is 80.6 cm³/mol. The molecule has 0 saturated carbocycles.